The van der Waals surface area contributed by atoms with Crippen molar-refractivity contribution in [2.24, 2.45) is 0 Å². The van der Waals surface area contributed by atoms with E-state index in [0.717, 1.165) is 38.5 Å². The van der Waals surface area contributed by atoms with Gasteiger partial charge in [-0.3, -0.25) is 0 Å². The average Bonchev–Trinajstić information content (AvgIpc) is 2.74. The van der Waals surface area contributed by atoms with Crippen LogP contribution in [0.1, 0.15) is 48.9 Å². The van der Waals surface area contributed by atoms with E-state index in [1.54, 1.807) is 12.1 Å². The maximum absolute atomic E-state index is 12.5. The van der Waals surface area contributed by atoms with Crippen LogP contribution in [0.3, 0.4) is 0 Å². The summed E-state index contributed by atoms with van der Waals surface area (Å²) in [5.41, 5.74) is 0.0705. The highest BCUT2D eigenvalue weighted by Crippen LogP contribution is 2.21. The Balaban J connectivity index is 2.25. The quantitative estimate of drug-likeness (QED) is 0.685. The van der Waals surface area contributed by atoms with Gasteiger partial charge in [0.1, 0.15) is 0 Å². The second-order valence-electron chi connectivity index (χ2n) is 5.30. The molecule has 0 heterocycles. The van der Waals surface area contributed by atoms with Crippen LogP contribution in [0.25, 0.3) is 0 Å². The molecule has 0 unspecified atom stereocenters. The Labute approximate surface area is 125 Å². The summed E-state index contributed by atoms with van der Waals surface area (Å²) in [7, 11) is -2.47. The Morgan fingerprint density at radius 2 is 1.76 bits per heavy atom. The van der Waals surface area contributed by atoms with Gasteiger partial charge in [-0.1, -0.05) is 37.8 Å². The SMILES string of the molecule is COC(=O)c1ccccc1S(=O)(=O)NC1CCCCCC1. The molecule has 1 N–H and O–H groups in total. The standard InChI is InChI=1S/C15H21NO4S/c1-20-15(17)13-10-6-7-11-14(13)21(18,19)16-12-8-4-2-3-5-9-12/h6-7,10-12,16H,2-5,8-9H2,1H3. The lowest BCUT2D eigenvalue weighted by Gasteiger charge is -2.17. The molecule has 1 aromatic rings. The first kappa shape index (κ1) is 16.0. The fraction of sp³-hybridized carbons (Fsp3) is 0.533. The van der Waals surface area contributed by atoms with Crippen LogP contribution in [-0.2, 0) is 14.8 Å². The number of esters is 1. The zero-order chi connectivity index (χ0) is 15.3. The van der Waals surface area contributed by atoms with Crippen LogP contribution in [0.15, 0.2) is 29.2 Å². The maximum Gasteiger partial charge on any atom is 0.339 e. The van der Waals surface area contributed by atoms with Crippen molar-refractivity contribution in [3.8, 4) is 0 Å². The largest absolute Gasteiger partial charge is 0.465 e. The monoisotopic (exact) mass is 311 g/mol. The third-order valence-electron chi connectivity index (χ3n) is 3.76. The molecule has 6 heteroatoms. The van der Waals surface area contributed by atoms with Crippen LogP contribution in [0.2, 0.25) is 0 Å². The lowest BCUT2D eigenvalue weighted by Crippen LogP contribution is -2.35. The van der Waals surface area contributed by atoms with Crippen LogP contribution in [-0.4, -0.2) is 27.5 Å². The van der Waals surface area contributed by atoms with Gasteiger partial charge < -0.3 is 4.74 Å². The zero-order valence-corrected chi connectivity index (χ0v) is 13.0. The number of benzene rings is 1. The van der Waals surface area contributed by atoms with Crippen molar-refractivity contribution < 1.29 is 17.9 Å². The van der Waals surface area contributed by atoms with Crippen LogP contribution >= 0.6 is 0 Å². The number of sulfonamides is 1. The van der Waals surface area contributed by atoms with E-state index in [-0.39, 0.29) is 16.5 Å². The Morgan fingerprint density at radius 1 is 1.14 bits per heavy atom. The van der Waals surface area contributed by atoms with Gasteiger partial charge in [-0.25, -0.2) is 17.9 Å². The van der Waals surface area contributed by atoms with Gasteiger partial charge in [-0.15, -0.1) is 0 Å². The smallest absolute Gasteiger partial charge is 0.339 e. The van der Waals surface area contributed by atoms with Gasteiger partial charge in [-0.05, 0) is 25.0 Å². The first-order valence-corrected chi connectivity index (χ1v) is 8.72. The highest BCUT2D eigenvalue weighted by Gasteiger charge is 2.25. The predicted molar refractivity (Wildman–Crippen MR) is 79.6 cm³/mol. The van der Waals surface area contributed by atoms with E-state index in [0.29, 0.717) is 0 Å². The zero-order valence-electron chi connectivity index (χ0n) is 12.2. The van der Waals surface area contributed by atoms with Gasteiger partial charge in [0.05, 0.1) is 17.6 Å². The molecule has 0 saturated heterocycles. The number of carbonyl (C=O) groups is 1. The van der Waals surface area contributed by atoms with E-state index >= 15 is 0 Å². The molecule has 1 aliphatic rings. The molecule has 0 aliphatic heterocycles. The summed E-state index contributed by atoms with van der Waals surface area (Å²) in [6.07, 6.45) is 6.06. The summed E-state index contributed by atoms with van der Waals surface area (Å²) in [5.74, 6) is -0.642. The molecule has 0 radical (unpaired) electrons. The lowest BCUT2D eigenvalue weighted by molar-refractivity contribution is 0.0596. The molecular formula is C15H21NO4S. The Bertz CT molecular complexity index is 589. The van der Waals surface area contributed by atoms with Gasteiger partial charge in [0.15, 0.2) is 0 Å². The van der Waals surface area contributed by atoms with Crippen molar-refractivity contribution in [3.05, 3.63) is 29.8 Å². The molecule has 2 rings (SSSR count). The highest BCUT2D eigenvalue weighted by molar-refractivity contribution is 7.89. The number of rotatable bonds is 4. The van der Waals surface area contributed by atoms with E-state index in [1.165, 1.54) is 19.2 Å². The molecule has 1 saturated carbocycles. The Kier molecular flexibility index (Phi) is 5.36. The average molecular weight is 311 g/mol. The summed E-state index contributed by atoms with van der Waals surface area (Å²) in [6.45, 7) is 0. The van der Waals surface area contributed by atoms with Crippen LogP contribution < -0.4 is 4.72 Å². The second kappa shape index (κ2) is 7.04. The number of methoxy groups -OCH3 is 1. The second-order valence-corrected chi connectivity index (χ2v) is 6.98. The molecule has 0 spiro atoms. The summed E-state index contributed by atoms with van der Waals surface area (Å²) in [4.78, 5) is 11.7. The molecule has 0 atom stereocenters. The first-order chi connectivity index (χ1) is 10.0. The fourth-order valence-electron chi connectivity index (χ4n) is 2.66. The Morgan fingerprint density at radius 3 is 2.38 bits per heavy atom. The van der Waals surface area contributed by atoms with Gasteiger partial charge in [0.25, 0.3) is 0 Å². The van der Waals surface area contributed by atoms with E-state index in [2.05, 4.69) is 9.46 Å². The number of carbonyl (C=O) groups excluding carboxylic acids is 1. The highest BCUT2D eigenvalue weighted by atomic mass is 32.2. The van der Waals surface area contributed by atoms with Crippen molar-refractivity contribution >= 4 is 16.0 Å². The molecule has 1 fully saturated rings. The number of hydrogen-bond acceptors (Lipinski definition) is 4. The number of ether oxygens (including phenoxy) is 1. The van der Waals surface area contributed by atoms with Gasteiger partial charge in [0, 0.05) is 6.04 Å². The van der Waals surface area contributed by atoms with Crippen LogP contribution in [0, 0.1) is 0 Å². The molecule has 1 aromatic carbocycles. The van der Waals surface area contributed by atoms with Crippen LogP contribution in [0.5, 0.6) is 0 Å². The van der Waals surface area contributed by atoms with E-state index in [4.69, 9.17) is 0 Å². The van der Waals surface area contributed by atoms with Gasteiger partial charge in [-0.2, -0.15) is 0 Å². The first-order valence-electron chi connectivity index (χ1n) is 7.24. The Hall–Kier alpha value is -1.40. The van der Waals surface area contributed by atoms with Crippen molar-refractivity contribution in [1.29, 1.82) is 0 Å². The van der Waals surface area contributed by atoms with Crippen molar-refractivity contribution in [2.75, 3.05) is 7.11 Å². The van der Waals surface area contributed by atoms with Crippen molar-refractivity contribution in [3.63, 3.8) is 0 Å². The topological polar surface area (TPSA) is 72.5 Å². The molecule has 0 amide bonds. The van der Waals surface area contributed by atoms with E-state index in [1.807, 2.05) is 0 Å². The molecular weight excluding hydrogens is 290 g/mol. The molecule has 116 valence electrons. The van der Waals surface area contributed by atoms with Crippen molar-refractivity contribution in [1.82, 2.24) is 4.72 Å². The van der Waals surface area contributed by atoms with Gasteiger partial charge in [0.2, 0.25) is 10.0 Å². The summed E-state index contributed by atoms with van der Waals surface area (Å²) in [6, 6.07) is 6.08. The minimum absolute atomic E-state index is 0.0129. The van der Waals surface area contributed by atoms with Gasteiger partial charge >= 0.3 is 5.97 Å². The fourth-order valence-corrected chi connectivity index (χ4v) is 4.16. The minimum Gasteiger partial charge on any atom is -0.465 e. The van der Waals surface area contributed by atoms with Crippen molar-refractivity contribution in [2.45, 2.75) is 49.5 Å². The summed E-state index contributed by atoms with van der Waals surface area (Å²) >= 11 is 0. The normalized spacial score (nSPS) is 17.2. The molecule has 21 heavy (non-hydrogen) atoms. The molecule has 0 aromatic heterocycles. The third-order valence-corrected chi connectivity index (χ3v) is 5.34. The van der Waals surface area contributed by atoms with Crippen LogP contribution in [0.4, 0.5) is 0 Å². The number of nitrogens with one attached hydrogen (secondary N) is 1. The number of hydrogen-bond donors (Lipinski definition) is 1. The lowest BCUT2D eigenvalue weighted by atomic mass is 10.1. The molecule has 0 bridgehead atoms. The summed E-state index contributed by atoms with van der Waals surface area (Å²) < 4.78 is 32.5. The predicted octanol–water partition coefficient (Wildman–Crippen LogP) is 2.47. The van der Waals surface area contributed by atoms with E-state index in [9.17, 15) is 13.2 Å². The summed E-state index contributed by atoms with van der Waals surface area (Å²) in [5, 5.41) is 0. The minimum atomic E-state index is -3.71. The maximum atomic E-state index is 12.5. The molecule has 1 aliphatic carbocycles. The molecule has 5 nitrogen and oxygen atoms in total. The van der Waals surface area contributed by atoms with E-state index < -0.39 is 16.0 Å². The third kappa shape index (κ3) is 4.04.